The largest absolute Gasteiger partial charge is 0.375 e. The number of nitrogens with zero attached hydrogens (tertiary/aromatic N) is 4. The maximum Gasteiger partial charge on any atom is 0.252 e. The van der Waals surface area contributed by atoms with Crippen molar-refractivity contribution in [3.05, 3.63) is 41.8 Å². The predicted octanol–water partition coefficient (Wildman–Crippen LogP) is 3.11. The number of aromatic nitrogens is 5. The number of rotatable bonds is 5. The molecule has 8 nitrogen and oxygen atoms in total. The number of imidazole rings is 1. The van der Waals surface area contributed by atoms with E-state index in [1.54, 1.807) is 12.5 Å². The molecule has 1 amide bonds. The number of fused-ring (bicyclic) bond motifs is 1. The van der Waals surface area contributed by atoms with Crippen LogP contribution < -0.4 is 5.32 Å². The van der Waals surface area contributed by atoms with Crippen LogP contribution in [-0.2, 0) is 9.53 Å². The van der Waals surface area contributed by atoms with Crippen LogP contribution in [0.5, 0.6) is 0 Å². The molecule has 0 saturated carbocycles. The van der Waals surface area contributed by atoms with E-state index in [1.807, 2.05) is 28.8 Å². The maximum atomic E-state index is 11.7. The minimum atomic E-state index is -0.266. The van der Waals surface area contributed by atoms with Gasteiger partial charge in [-0.3, -0.25) is 19.8 Å². The molecule has 0 aliphatic rings. The molecule has 0 fully saturated rings. The minimum absolute atomic E-state index is 0.0310. The van der Waals surface area contributed by atoms with Gasteiger partial charge in [0.2, 0.25) is 0 Å². The van der Waals surface area contributed by atoms with E-state index in [1.165, 1.54) is 18.4 Å². The Balaban J connectivity index is 1.75. The van der Waals surface area contributed by atoms with Crippen LogP contribution in [0.15, 0.2) is 36.8 Å². The van der Waals surface area contributed by atoms with E-state index in [-0.39, 0.29) is 12.5 Å². The zero-order valence-electron chi connectivity index (χ0n) is 13.6. The lowest BCUT2D eigenvalue weighted by molar-refractivity contribution is -0.119. The number of methoxy groups -OCH3 is 1. The molecule has 0 unspecified atom stereocenters. The number of hydrogen-bond donors (Lipinski definition) is 2. The molecule has 3 aromatic heterocycles. The van der Waals surface area contributed by atoms with Gasteiger partial charge in [-0.05, 0) is 6.07 Å². The smallest absolute Gasteiger partial charge is 0.252 e. The van der Waals surface area contributed by atoms with Gasteiger partial charge in [0.15, 0.2) is 16.6 Å². The van der Waals surface area contributed by atoms with Gasteiger partial charge in [-0.15, -0.1) is 0 Å². The highest BCUT2D eigenvalue weighted by Crippen LogP contribution is 2.33. The van der Waals surface area contributed by atoms with E-state index in [4.69, 9.17) is 16.3 Å². The molecule has 1 aromatic carbocycles. The van der Waals surface area contributed by atoms with Gasteiger partial charge in [0.05, 0.1) is 11.9 Å². The summed E-state index contributed by atoms with van der Waals surface area (Å²) in [5.41, 5.74) is 2.24. The van der Waals surface area contributed by atoms with Crippen LogP contribution in [0.25, 0.3) is 27.4 Å². The summed E-state index contributed by atoms with van der Waals surface area (Å²) < 4.78 is 7.44. The fourth-order valence-corrected chi connectivity index (χ4v) is 3.69. The number of nitrogens with one attached hydrogen (secondary N) is 2. The fraction of sp³-hybridized carbons (Fsp3) is 0.125. The van der Waals surface area contributed by atoms with Gasteiger partial charge in [-0.2, -0.15) is 5.10 Å². The number of hydrogen-bond acceptors (Lipinski definition) is 6. The van der Waals surface area contributed by atoms with Crippen molar-refractivity contribution in [3.8, 4) is 17.1 Å². The first-order chi connectivity index (χ1) is 12.7. The third-order valence-electron chi connectivity index (χ3n) is 3.64. The van der Waals surface area contributed by atoms with Crippen molar-refractivity contribution >= 4 is 44.3 Å². The molecule has 4 rings (SSSR count). The normalized spacial score (nSPS) is 11.2. The summed E-state index contributed by atoms with van der Waals surface area (Å²) in [4.78, 5) is 20.2. The Hall–Kier alpha value is -2.75. The summed E-state index contributed by atoms with van der Waals surface area (Å²) >= 11 is 7.64. The second-order valence-electron chi connectivity index (χ2n) is 5.35. The molecular formula is C16H13ClN6O2S. The number of aromatic amines is 1. The molecule has 0 atom stereocenters. The SMILES string of the molecule is COCC(=O)Nc1nc2[nH]nc(-n3cncc3-c3ccccc3Cl)c2s1. The molecule has 0 radical (unpaired) electrons. The van der Waals surface area contributed by atoms with E-state index < -0.39 is 0 Å². The standard InChI is InChI=1S/C16H13ClN6O2S/c1-25-7-12(24)19-16-20-14-13(26-16)15(22-21-14)23-8-18-6-11(23)9-4-2-3-5-10(9)17/h2-6,8H,7H2,1H3,(H2,19,20,21,22,24). The fourth-order valence-electron chi connectivity index (χ4n) is 2.54. The number of H-pyrrole nitrogens is 1. The Kier molecular flexibility index (Phi) is 4.41. The molecule has 26 heavy (non-hydrogen) atoms. The summed E-state index contributed by atoms with van der Waals surface area (Å²) in [6.45, 7) is -0.0310. The van der Waals surface area contributed by atoms with Crippen LogP contribution in [0, 0.1) is 0 Å². The van der Waals surface area contributed by atoms with Crippen molar-refractivity contribution in [2.75, 3.05) is 19.0 Å². The quantitative estimate of drug-likeness (QED) is 0.547. The zero-order valence-corrected chi connectivity index (χ0v) is 15.1. The Morgan fingerprint density at radius 2 is 2.27 bits per heavy atom. The van der Waals surface area contributed by atoms with Gasteiger partial charge in [0.1, 0.15) is 17.6 Å². The molecule has 132 valence electrons. The van der Waals surface area contributed by atoms with Gasteiger partial charge in [0.25, 0.3) is 5.91 Å². The topological polar surface area (TPSA) is 97.7 Å². The van der Waals surface area contributed by atoms with Gasteiger partial charge < -0.3 is 4.74 Å². The van der Waals surface area contributed by atoms with Gasteiger partial charge in [-0.25, -0.2) is 9.97 Å². The second-order valence-corrected chi connectivity index (χ2v) is 6.76. The number of benzene rings is 1. The Labute approximate surface area is 156 Å². The summed E-state index contributed by atoms with van der Waals surface area (Å²) in [5.74, 6) is 0.370. The lowest BCUT2D eigenvalue weighted by Gasteiger charge is -2.06. The molecule has 2 N–H and O–H groups in total. The van der Waals surface area contributed by atoms with Crippen molar-refractivity contribution in [2.45, 2.75) is 0 Å². The number of halogens is 1. The number of thiazole rings is 1. The van der Waals surface area contributed by atoms with Crippen molar-refractivity contribution in [1.82, 2.24) is 24.7 Å². The average Bonchev–Trinajstić information content (AvgIpc) is 3.30. The zero-order chi connectivity index (χ0) is 18.1. The number of anilines is 1. The minimum Gasteiger partial charge on any atom is -0.375 e. The van der Waals surface area contributed by atoms with Crippen molar-refractivity contribution < 1.29 is 9.53 Å². The molecule has 0 saturated heterocycles. The summed E-state index contributed by atoms with van der Waals surface area (Å²) in [6, 6.07) is 7.53. The predicted molar refractivity (Wildman–Crippen MR) is 99.8 cm³/mol. The van der Waals surface area contributed by atoms with Crippen LogP contribution in [-0.4, -0.2) is 44.4 Å². The second kappa shape index (κ2) is 6.87. The number of ether oxygens (including phenoxy) is 1. The van der Waals surface area contributed by atoms with Gasteiger partial charge in [-0.1, -0.05) is 41.1 Å². The van der Waals surface area contributed by atoms with E-state index in [9.17, 15) is 4.79 Å². The van der Waals surface area contributed by atoms with E-state index >= 15 is 0 Å². The third-order valence-corrected chi connectivity index (χ3v) is 4.93. The molecule has 0 aliphatic carbocycles. The van der Waals surface area contributed by atoms with Crippen LogP contribution in [0.1, 0.15) is 0 Å². The molecule has 0 aliphatic heterocycles. The maximum absolute atomic E-state index is 11.7. The van der Waals surface area contributed by atoms with E-state index in [0.717, 1.165) is 16.0 Å². The van der Waals surface area contributed by atoms with Crippen LogP contribution in [0.2, 0.25) is 5.02 Å². The van der Waals surface area contributed by atoms with Gasteiger partial charge >= 0.3 is 0 Å². The highest BCUT2D eigenvalue weighted by molar-refractivity contribution is 7.22. The Bertz CT molecular complexity index is 1090. The third kappa shape index (κ3) is 2.96. The molecule has 3 heterocycles. The number of amides is 1. The van der Waals surface area contributed by atoms with Crippen molar-refractivity contribution in [2.24, 2.45) is 0 Å². The summed E-state index contributed by atoms with van der Waals surface area (Å²) in [5, 5.41) is 11.0. The molecule has 0 spiro atoms. The summed E-state index contributed by atoms with van der Waals surface area (Å²) in [6.07, 6.45) is 3.39. The highest BCUT2D eigenvalue weighted by atomic mass is 35.5. The summed E-state index contributed by atoms with van der Waals surface area (Å²) in [7, 11) is 1.46. The lowest BCUT2D eigenvalue weighted by atomic mass is 10.1. The van der Waals surface area contributed by atoms with Crippen molar-refractivity contribution in [3.63, 3.8) is 0 Å². The van der Waals surface area contributed by atoms with Gasteiger partial charge in [0, 0.05) is 17.7 Å². The average molecular weight is 389 g/mol. The Morgan fingerprint density at radius 1 is 1.42 bits per heavy atom. The van der Waals surface area contributed by atoms with Crippen molar-refractivity contribution in [1.29, 1.82) is 0 Å². The Morgan fingerprint density at radius 3 is 3.08 bits per heavy atom. The van der Waals surface area contributed by atoms with Crippen LogP contribution in [0.3, 0.4) is 0 Å². The van der Waals surface area contributed by atoms with E-state index in [0.29, 0.717) is 21.6 Å². The lowest BCUT2D eigenvalue weighted by Crippen LogP contribution is -2.16. The first-order valence-corrected chi connectivity index (χ1v) is 8.78. The highest BCUT2D eigenvalue weighted by Gasteiger charge is 2.18. The number of carbonyl (C=O) groups excluding carboxylic acids is 1. The van der Waals surface area contributed by atoms with Crippen LogP contribution >= 0.6 is 22.9 Å². The first kappa shape index (κ1) is 16.7. The molecule has 0 bridgehead atoms. The van der Waals surface area contributed by atoms with Crippen LogP contribution in [0.4, 0.5) is 5.13 Å². The molecule has 4 aromatic rings. The van der Waals surface area contributed by atoms with E-state index in [2.05, 4.69) is 25.5 Å². The molecule has 10 heteroatoms. The monoisotopic (exact) mass is 388 g/mol. The molecular weight excluding hydrogens is 376 g/mol. The first-order valence-electron chi connectivity index (χ1n) is 7.58. The number of carbonyl (C=O) groups is 1.